The van der Waals surface area contributed by atoms with E-state index in [1.807, 2.05) is 13.8 Å². The summed E-state index contributed by atoms with van der Waals surface area (Å²) in [5, 5.41) is 9.52. The van der Waals surface area contributed by atoms with Gasteiger partial charge in [0, 0.05) is 0 Å². The maximum atomic E-state index is 9.52. The van der Waals surface area contributed by atoms with E-state index in [-0.39, 0.29) is 0 Å². The van der Waals surface area contributed by atoms with Crippen molar-refractivity contribution in [3.63, 3.8) is 0 Å². The van der Waals surface area contributed by atoms with Crippen LogP contribution in [-0.2, 0) is 0 Å². The summed E-state index contributed by atoms with van der Waals surface area (Å²) in [6.45, 7) is 6.07. The van der Waals surface area contributed by atoms with Gasteiger partial charge in [-0.25, -0.2) is 0 Å². The van der Waals surface area contributed by atoms with E-state index < -0.39 is 5.60 Å². The highest BCUT2D eigenvalue weighted by atomic mass is 16.3. The topological polar surface area (TPSA) is 20.2 Å². The third kappa shape index (κ3) is 1.98. The van der Waals surface area contributed by atoms with Gasteiger partial charge in [-0.05, 0) is 38.5 Å². The minimum atomic E-state index is -0.463. The molecule has 1 N–H and O–H groups in total. The molecule has 0 saturated heterocycles. The second-order valence-electron chi connectivity index (χ2n) is 4.65. The zero-order valence-corrected chi connectivity index (χ0v) is 7.28. The molecule has 0 aliphatic heterocycles. The number of hydrogen-bond donors (Lipinski definition) is 1. The molecule has 1 fully saturated rings. The van der Waals surface area contributed by atoms with Gasteiger partial charge < -0.3 is 5.11 Å². The van der Waals surface area contributed by atoms with Crippen LogP contribution in [0.2, 0.25) is 0 Å². The first-order valence-corrected chi connectivity index (χ1v) is 4.14. The molecule has 0 radical (unpaired) electrons. The Morgan fingerprint density at radius 2 is 1.90 bits per heavy atom. The Bertz CT molecular complexity index is 117. The Morgan fingerprint density at radius 3 is 2.00 bits per heavy atom. The van der Waals surface area contributed by atoms with Crippen LogP contribution in [0.5, 0.6) is 0 Å². The van der Waals surface area contributed by atoms with Crippen LogP contribution in [0.1, 0.15) is 46.5 Å². The minimum absolute atomic E-state index is 0.457. The molecule has 1 aliphatic rings. The van der Waals surface area contributed by atoms with E-state index in [1.54, 1.807) is 0 Å². The predicted octanol–water partition coefficient (Wildman–Crippen LogP) is 2.34. The van der Waals surface area contributed by atoms with E-state index in [1.165, 1.54) is 19.3 Å². The van der Waals surface area contributed by atoms with Gasteiger partial charge in [-0.15, -0.1) is 0 Å². The summed E-state index contributed by atoms with van der Waals surface area (Å²) in [5.74, 6) is 0. The molecular formula is C9H18O. The number of aliphatic hydroxyl groups is 1. The fourth-order valence-electron chi connectivity index (χ4n) is 2.00. The Balaban J connectivity index is 2.37. The summed E-state index contributed by atoms with van der Waals surface area (Å²) < 4.78 is 0. The first-order valence-electron chi connectivity index (χ1n) is 4.14. The lowest BCUT2D eigenvalue weighted by Crippen LogP contribution is -2.34. The highest BCUT2D eigenvalue weighted by Crippen LogP contribution is 2.45. The highest BCUT2D eigenvalue weighted by Gasteiger charge is 2.36. The van der Waals surface area contributed by atoms with Crippen molar-refractivity contribution in [1.29, 1.82) is 0 Å². The van der Waals surface area contributed by atoms with Gasteiger partial charge in [0.05, 0.1) is 5.60 Å². The van der Waals surface area contributed by atoms with Gasteiger partial charge in [0.2, 0.25) is 0 Å². The summed E-state index contributed by atoms with van der Waals surface area (Å²) in [6, 6.07) is 0. The smallest absolute Gasteiger partial charge is 0.0597 e. The molecule has 60 valence electrons. The van der Waals surface area contributed by atoms with Crippen molar-refractivity contribution in [2.24, 2.45) is 5.41 Å². The molecule has 0 aromatic heterocycles. The van der Waals surface area contributed by atoms with Crippen LogP contribution in [0.3, 0.4) is 0 Å². The zero-order valence-electron chi connectivity index (χ0n) is 7.28. The lowest BCUT2D eigenvalue weighted by atomic mass is 9.65. The van der Waals surface area contributed by atoms with Crippen LogP contribution >= 0.6 is 0 Å². The molecule has 1 aliphatic carbocycles. The molecule has 0 amide bonds. The molecular weight excluding hydrogens is 124 g/mol. The third-order valence-electron chi connectivity index (χ3n) is 2.42. The molecule has 0 atom stereocenters. The average molecular weight is 142 g/mol. The Morgan fingerprint density at radius 1 is 1.40 bits per heavy atom. The summed E-state index contributed by atoms with van der Waals surface area (Å²) in [5.41, 5.74) is -0.00653. The quantitative estimate of drug-likeness (QED) is 0.627. The maximum absolute atomic E-state index is 9.52. The lowest BCUT2D eigenvalue weighted by Gasteiger charge is -2.42. The van der Waals surface area contributed by atoms with Crippen molar-refractivity contribution in [3.8, 4) is 0 Å². The molecule has 1 saturated carbocycles. The van der Waals surface area contributed by atoms with Crippen molar-refractivity contribution in [2.45, 2.75) is 52.1 Å². The van der Waals surface area contributed by atoms with Crippen molar-refractivity contribution < 1.29 is 5.11 Å². The van der Waals surface area contributed by atoms with Gasteiger partial charge >= 0.3 is 0 Å². The average Bonchev–Trinajstić information content (AvgIpc) is 1.57. The van der Waals surface area contributed by atoms with Crippen LogP contribution in [0, 0.1) is 5.41 Å². The van der Waals surface area contributed by atoms with Gasteiger partial charge in [-0.2, -0.15) is 0 Å². The molecule has 0 heterocycles. The molecule has 1 heteroatoms. The minimum Gasteiger partial charge on any atom is -0.390 e. The molecule has 0 spiro atoms. The predicted molar refractivity (Wildman–Crippen MR) is 42.9 cm³/mol. The molecule has 10 heavy (non-hydrogen) atoms. The molecule has 1 rings (SSSR count). The van der Waals surface area contributed by atoms with Crippen LogP contribution < -0.4 is 0 Å². The first-order chi connectivity index (χ1) is 4.41. The van der Waals surface area contributed by atoms with Crippen molar-refractivity contribution in [3.05, 3.63) is 0 Å². The fraction of sp³-hybridized carbons (Fsp3) is 1.00. The monoisotopic (exact) mass is 142 g/mol. The zero-order chi connectivity index (χ0) is 7.83. The second kappa shape index (κ2) is 2.23. The number of hydrogen-bond acceptors (Lipinski definition) is 1. The maximum Gasteiger partial charge on any atom is 0.0597 e. The van der Waals surface area contributed by atoms with Gasteiger partial charge in [0.1, 0.15) is 0 Å². The normalized spacial score (nSPS) is 24.0. The Kier molecular flexibility index (Phi) is 1.80. The number of rotatable bonds is 2. The highest BCUT2D eigenvalue weighted by molar-refractivity contribution is 4.88. The van der Waals surface area contributed by atoms with Crippen molar-refractivity contribution in [1.82, 2.24) is 0 Å². The van der Waals surface area contributed by atoms with E-state index in [4.69, 9.17) is 0 Å². The van der Waals surface area contributed by atoms with E-state index >= 15 is 0 Å². The largest absolute Gasteiger partial charge is 0.390 e. The summed E-state index contributed by atoms with van der Waals surface area (Å²) in [4.78, 5) is 0. The van der Waals surface area contributed by atoms with Gasteiger partial charge in [-0.1, -0.05) is 13.3 Å². The van der Waals surface area contributed by atoms with E-state index in [9.17, 15) is 5.11 Å². The van der Waals surface area contributed by atoms with Crippen LogP contribution in [0.4, 0.5) is 0 Å². The van der Waals surface area contributed by atoms with Crippen LogP contribution in [0.15, 0.2) is 0 Å². The SMILES string of the molecule is CC(C)(O)CC1(C)CCC1. The third-order valence-corrected chi connectivity index (χ3v) is 2.42. The Labute approximate surface area is 63.4 Å². The molecule has 0 bridgehead atoms. The molecule has 0 aromatic carbocycles. The molecule has 0 unspecified atom stereocenters. The van der Waals surface area contributed by atoms with Gasteiger partial charge in [-0.3, -0.25) is 0 Å². The standard InChI is InChI=1S/C9H18O/c1-8(2,10)7-9(3)5-4-6-9/h10H,4-7H2,1-3H3. The molecule has 0 aromatic rings. The van der Waals surface area contributed by atoms with Crippen molar-refractivity contribution in [2.75, 3.05) is 0 Å². The summed E-state index contributed by atoms with van der Waals surface area (Å²) >= 11 is 0. The van der Waals surface area contributed by atoms with Crippen molar-refractivity contribution >= 4 is 0 Å². The van der Waals surface area contributed by atoms with Gasteiger partial charge in [0.25, 0.3) is 0 Å². The van der Waals surface area contributed by atoms with E-state index in [0.29, 0.717) is 5.41 Å². The summed E-state index contributed by atoms with van der Waals surface area (Å²) in [6.07, 6.45) is 4.92. The summed E-state index contributed by atoms with van der Waals surface area (Å²) in [7, 11) is 0. The van der Waals surface area contributed by atoms with Crippen LogP contribution in [-0.4, -0.2) is 10.7 Å². The van der Waals surface area contributed by atoms with Crippen LogP contribution in [0.25, 0.3) is 0 Å². The molecule has 1 nitrogen and oxygen atoms in total. The fourth-order valence-corrected chi connectivity index (χ4v) is 2.00. The van der Waals surface area contributed by atoms with Gasteiger partial charge in [0.15, 0.2) is 0 Å². The second-order valence-corrected chi connectivity index (χ2v) is 4.65. The van der Waals surface area contributed by atoms with E-state index in [2.05, 4.69) is 6.92 Å². The first kappa shape index (κ1) is 8.06. The Hall–Kier alpha value is -0.0400. The van der Waals surface area contributed by atoms with E-state index in [0.717, 1.165) is 6.42 Å². The lowest BCUT2D eigenvalue weighted by molar-refractivity contribution is -0.00411.